The Kier molecular flexibility index (Phi) is 10.5. The van der Waals surface area contributed by atoms with Crippen LogP contribution in [0.4, 0.5) is 4.79 Å². The number of nitrogens with zero attached hydrogens (tertiary/aromatic N) is 1. The Morgan fingerprint density at radius 3 is 2.28 bits per heavy atom. The Labute approximate surface area is 273 Å². The zero-order valence-electron chi connectivity index (χ0n) is 28.0. The number of fused-ring (bicyclic) bond motifs is 1. The van der Waals surface area contributed by atoms with Gasteiger partial charge in [-0.1, -0.05) is 84.2 Å². The molecule has 5 amide bonds. The van der Waals surface area contributed by atoms with Crippen molar-refractivity contribution >= 4 is 29.5 Å². The molecule has 2 saturated carbocycles. The molecule has 1 aliphatic heterocycles. The van der Waals surface area contributed by atoms with Crippen molar-refractivity contribution in [2.75, 3.05) is 6.54 Å². The van der Waals surface area contributed by atoms with Crippen LogP contribution < -0.4 is 21.7 Å². The Bertz CT molecular complexity index is 1350. The van der Waals surface area contributed by atoms with E-state index in [2.05, 4.69) is 47.9 Å². The summed E-state index contributed by atoms with van der Waals surface area (Å²) in [4.78, 5) is 67.6. The summed E-state index contributed by atoms with van der Waals surface area (Å²) >= 11 is 0. The number of rotatable bonds is 12. The molecule has 1 aromatic rings. The molecule has 10 heteroatoms. The minimum Gasteiger partial charge on any atom is -0.363 e. The van der Waals surface area contributed by atoms with Crippen LogP contribution in [0, 0.1) is 35.0 Å². The molecular weight excluding hydrogens is 582 g/mol. The second-order valence-corrected chi connectivity index (χ2v) is 15.1. The summed E-state index contributed by atoms with van der Waals surface area (Å²) in [5.74, 6) is -0.592. The first-order valence-corrected chi connectivity index (χ1v) is 16.6. The topological polar surface area (TPSA) is 151 Å². The highest BCUT2D eigenvalue weighted by Crippen LogP contribution is 2.65. The van der Waals surface area contributed by atoms with Crippen molar-refractivity contribution in [3.63, 3.8) is 0 Å². The highest BCUT2D eigenvalue weighted by Gasteiger charge is 2.70. The maximum atomic E-state index is 14.3. The largest absolute Gasteiger partial charge is 0.363 e. The second-order valence-electron chi connectivity index (χ2n) is 15.1. The molecule has 5 atom stereocenters. The number of hydrogen-bond donors (Lipinski definition) is 4. The fourth-order valence-electron chi connectivity index (χ4n) is 7.66. The molecule has 0 spiro atoms. The first-order chi connectivity index (χ1) is 21.6. The summed E-state index contributed by atoms with van der Waals surface area (Å²) in [5, 5.41) is 8.97. The molecule has 5 N–H and O–H groups in total. The molecule has 0 aromatic heterocycles. The van der Waals surface area contributed by atoms with Crippen molar-refractivity contribution in [2.24, 2.45) is 28.4 Å². The Balaban J connectivity index is 1.52. The lowest BCUT2D eigenvalue weighted by Crippen LogP contribution is -2.63. The zero-order valence-corrected chi connectivity index (χ0v) is 28.0. The van der Waals surface area contributed by atoms with Crippen LogP contribution in [0.1, 0.15) is 91.5 Å². The normalized spacial score (nSPS) is 24.0. The van der Waals surface area contributed by atoms with Gasteiger partial charge in [-0.2, -0.15) is 0 Å². The molecule has 250 valence electrons. The standard InChI is InChI=1S/C36H51N5O5/c1-7-8-17-25(28(42)30(37)43)38-31(44)27-26-24(35(26,5)6)22-41(27)32(45)29(34(2,3)4)39-33(46)40-36(19-13-10-14-20-36)21-18-23-15-11-9-12-16-23/h1,9,11-12,15-16,24-27,29H,8,10,13-14,17-22H2,2-6H3,(H2,37,43)(H,38,44)(H2,39,40,46)/t24?,25?,26-,27-,29+/m0/s1. The summed E-state index contributed by atoms with van der Waals surface area (Å²) < 4.78 is 0. The molecule has 2 aliphatic carbocycles. The van der Waals surface area contributed by atoms with E-state index < -0.39 is 47.2 Å². The van der Waals surface area contributed by atoms with Crippen LogP contribution in [-0.2, 0) is 25.6 Å². The first-order valence-electron chi connectivity index (χ1n) is 16.6. The number of carbonyl (C=O) groups is 5. The lowest BCUT2D eigenvalue weighted by molar-refractivity contribution is -0.145. The molecule has 1 heterocycles. The van der Waals surface area contributed by atoms with Gasteiger partial charge < -0.3 is 26.6 Å². The maximum Gasteiger partial charge on any atom is 0.315 e. The third-order valence-corrected chi connectivity index (χ3v) is 10.5. The summed E-state index contributed by atoms with van der Waals surface area (Å²) in [6.45, 7) is 10.1. The second kappa shape index (κ2) is 13.9. The van der Waals surface area contributed by atoms with E-state index in [9.17, 15) is 24.0 Å². The van der Waals surface area contributed by atoms with Gasteiger partial charge in [-0.3, -0.25) is 19.2 Å². The van der Waals surface area contributed by atoms with Gasteiger partial charge in [0.05, 0.1) is 6.04 Å². The van der Waals surface area contributed by atoms with Crippen LogP contribution in [0.3, 0.4) is 0 Å². The Morgan fingerprint density at radius 1 is 1.04 bits per heavy atom. The van der Waals surface area contributed by atoms with Gasteiger partial charge in [0.15, 0.2) is 0 Å². The van der Waals surface area contributed by atoms with E-state index in [1.807, 2.05) is 39.0 Å². The number of Topliss-reactive ketones (excluding diaryl/α,β-unsaturated/α-hetero) is 1. The van der Waals surface area contributed by atoms with Gasteiger partial charge in [-0.05, 0) is 60.3 Å². The van der Waals surface area contributed by atoms with Crippen molar-refractivity contribution < 1.29 is 24.0 Å². The lowest BCUT2D eigenvalue weighted by atomic mass is 9.78. The van der Waals surface area contributed by atoms with Crippen LogP contribution >= 0.6 is 0 Å². The first kappa shape index (κ1) is 35.0. The number of piperidine rings is 1. The molecule has 3 aliphatic rings. The number of hydrogen-bond acceptors (Lipinski definition) is 5. The minimum absolute atomic E-state index is 0.0561. The van der Waals surface area contributed by atoms with E-state index in [4.69, 9.17) is 12.2 Å². The van der Waals surface area contributed by atoms with Crippen molar-refractivity contribution in [3.05, 3.63) is 35.9 Å². The molecule has 46 heavy (non-hydrogen) atoms. The van der Waals surface area contributed by atoms with Crippen LogP contribution in [-0.4, -0.2) is 64.6 Å². The number of nitrogens with one attached hydrogen (secondary N) is 3. The fourth-order valence-corrected chi connectivity index (χ4v) is 7.66. The van der Waals surface area contributed by atoms with E-state index in [-0.39, 0.29) is 41.5 Å². The predicted molar refractivity (Wildman–Crippen MR) is 176 cm³/mol. The number of terminal acetylenes is 1. The summed E-state index contributed by atoms with van der Waals surface area (Å²) in [5.41, 5.74) is 5.24. The van der Waals surface area contributed by atoms with E-state index in [1.165, 1.54) is 5.56 Å². The number of aryl methyl sites for hydroxylation is 1. The number of likely N-dealkylation sites (tertiary alicyclic amines) is 1. The number of amides is 5. The average Bonchev–Trinajstić information content (AvgIpc) is 3.32. The predicted octanol–water partition coefficient (Wildman–Crippen LogP) is 3.47. The van der Waals surface area contributed by atoms with Crippen LogP contribution in [0.2, 0.25) is 0 Å². The quantitative estimate of drug-likeness (QED) is 0.205. The van der Waals surface area contributed by atoms with E-state index in [1.54, 1.807) is 4.90 Å². The maximum absolute atomic E-state index is 14.3. The Hall–Kier alpha value is -3.87. The number of carbonyl (C=O) groups excluding carboxylic acids is 5. The van der Waals surface area contributed by atoms with E-state index in [0.29, 0.717) is 6.54 Å². The third kappa shape index (κ3) is 7.73. The number of primary amides is 1. The van der Waals surface area contributed by atoms with Crippen molar-refractivity contribution in [2.45, 2.75) is 116 Å². The van der Waals surface area contributed by atoms with Gasteiger partial charge in [0.1, 0.15) is 12.1 Å². The van der Waals surface area contributed by atoms with Crippen molar-refractivity contribution in [1.29, 1.82) is 0 Å². The monoisotopic (exact) mass is 633 g/mol. The Morgan fingerprint density at radius 2 is 1.70 bits per heavy atom. The van der Waals surface area contributed by atoms with Crippen LogP contribution in [0.15, 0.2) is 30.3 Å². The van der Waals surface area contributed by atoms with Gasteiger partial charge in [-0.15, -0.1) is 12.3 Å². The zero-order chi connectivity index (χ0) is 33.9. The summed E-state index contributed by atoms with van der Waals surface area (Å²) in [6.07, 6.45) is 12.2. The smallest absolute Gasteiger partial charge is 0.315 e. The number of urea groups is 1. The summed E-state index contributed by atoms with van der Waals surface area (Å²) in [7, 11) is 0. The molecule has 0 bridgehead atoms. The number of benzene rings is 1. The fraction of sp³-hybridized carbons (Fsp3) is 0.639. The van der Waals surface area contributed by atoms with Gasteiger partial charge in [0, 0.05) is 18.5 Å². The molecule has 4 rings (SSSR count). The molecule has 1 aromatic carbocycles. The van der Waals surface area contributed by atoms with Gasteiger partial charge in [0.2, 0.25) is 17.6 Å². The third-order valence-electron chi connectivity index (χ3n) is 10.5. The highest BCUT2D eigenvalue weighted by molar-refractivity contribution is 6.37. The molecular formula is C36H51N5O5. The van der Waals surface area contributed by atoms with Crippen LogP contribution in [0.25, 0.3) is 0 Å². The molecule has 2 unspecified atom stereocenters. The molecule has 1 saturated heterocycles. The number of ketones is 1. The highest BCUT2D eigenvalue weighted by atomic mass is 16.2. The van der Waals surface area contributed by atoms with Crippen molar-refractivity contribution in [1.82, 2.24) is 20.9 Å². The van der Waals surface area contributed by atoms with Gasteiger partial charge in [-0.25, -0.2) is 4.79 Å². The SMILES string of the molecule is C#CCCC(NC(=O)[C@@H]1[C@@H]2C(CN1C(=O)[C@@H](NC(=O)NC1(CCc3ccccc3)CCCCC1)C(C)(C)C)C2(C)C)C(=O)C(N)=O. The lowest BCUT2D eigenvalue weighted by Gasteiger charge is -2.41. The average molecular weight is 634 g/mol. The number of nitrogens with two attached hydrogens (primary N) is 1. The molecule has 0 radical (unpaired) electrons. The van der Waals surface area contributed by atoms with E-state index >= 15 is 0 Å². The molecule has 10 nitrogen and oxygen atoms in total. The van der Waals surface area contributed by atoms with Crippen molar-refractivity contribution in [3.8, 4) is 12.3 Å². The summed E-state index contributed by atoms with van der Waals surface area (Å²) in [6, 6.07) is 6.88. The minimum atomic E-state index is -1.18. The van der Waals surface area contributed by atoms with Crippen LogP contribution in [0.5, 0.6) is 0 Å². The molecule has 3 fully saturated rings. The van der Waals surface area contributed by atoms with E-state index in [0.717, 1.165) is 44.9 Å². The van der Waals surface area contributed by atoms with Gasteiger partial charge in [0.25, 0.3) is 5.91 Å². The van der Waals surface area contributed by atoms with Gasteiger partial charge >= 0.3 is 6.03 Å².